The average Bonchev–Trinajstić information content (AvgIpc) is 2.94. The molecule has 3 rings (SSSR count). The number of likely N-dealkylation sites (tertiary alicyclic amines) is 1. The second-order valence-electron chi connectivity index (χ2n) is 7.68. The summed E-state index contributed by atoms with van der Waals surface area (Å²) in [5.41, 5.74) is 3.26. The second-order valence-corrected chi connectivity index (χ2v) is 7.68. The number of aryl methyl sites for hydroxylation is 3. The summed E-state index contributed by atoms with van der Waals surface area (Å²) >= 11 is 0. The Morgan fingerprint density at radius 1 is 1.31 bits per heavy atom. The highest BCUT2D eigenvalue weighted by Crippen LogP contribution is 2.27. The first-order valence-corrected chi connectivity index (χ1v) is 9.45. The lowest BCUT2D eigenvalue weighted by Gasteiger charge is -2.34. The fourth-order valence-electron chi connectivity index (χ4n) is 3.94. The van der Waals surface area contributed by atoms with E-state index in [9.17, 15) is 4.79 Å². The zero-order valence-corrected chi connectivity index (χ0v) is 16.2. The van der Waals surface area contributed by atoms with E-state index in [1.165, 1.54) is 31.5 Å². The molecule has 140 valence electrons. The molecule has 1 fully saturated rings. The normalized spacial score (nSPS) is 20.9. The van der Waals surface area contributed by atoms with Gasteiger partial charge in [0.1, 0.15) is 11.3 Å². The van der Waals surface area contributed by atoms with Crippen LogP contribution in [0.4, 0.5) is 5.69 Å². The molecule has 0 spiro atoms. The standard InChI is InChI=1S/C21H29N3O2/c1-14-13-24(4)12-11-18(14)8-5-17-6-9-19(10-7-17)22-21(25)20-15(2)23-26-16(20)3/h6-7,9-10,14,18H,5,8,11-13H2,1-4H3,(H,22,25). The van der Waals surface area contributed by atoms with Gasteiger partial charge in [0.25, 0.3) is 5.91 Å². The highest BCUT2D eigenvalue weighted by Gasteiger charge is 2.23. The van der Waals surface area contributed by atoms with Gasteiger partial charge in [-0.05, 0) is 76.2 Å². The maximum absolute atomic E-state index is 12.4. The molecule has 1 aliphatic heterocycles. The van der Waals surface area contributed by atoms with Crippen LogP contribution in [0, 0.1) is 25.7 Å². The summed E-state index contributed by atoms with van der Waals surface area (Å²) in [6, 6.07) is 8.18. The molecule has 0 bridgehead atoms. The van der Waals surface area contributed by atoms with E-state index in [2.05, 4.69) is 41.5 Å². The van der Waals surface area contributed by atoms with Gasteiger partial charge in [0.05, 0.1) is 5.69 Å². The van der Waals surface area contributed by atoms with Crippen LogP contribution >= 0.6 is 0 Å². The number of nitrogens with zero attached hydrogens (tertiary/aromatic N) is 2. The van der Waals surface area contributed by atoms with E-state index in [-0.39, 0.29) is 5.91 Å². The molecule has 0 saturated carbocycles. The molecule has 1 aliphatic rings. The first kappa shape index (κ1) is 18.6. The number of carbonyl (C=O) groups excluding carboxylic acids is 1. The van der Waals surface area contributed by atoms with Crippen LogP contribution in [-0.2, 0) is 6.42 Å². The summed E-state index contributed by atoms with van der Waals surface area (Å²) in [5.74, 6) is 1.95. The zero-order valence-electron chi connectivity index (χ0n) is 16.2. The maximum atomic E-state index is 12.4. The van der Waals surface area contributed by atoms with Crippen LogP contribution < -0.4 is 5.32 Å². The fraction of sp³-hybridized carbons (Fsp3) is 0.524. The quantitative estimate of drug-likeness (QED) is 0.878. The predicted molar refractivity (Wildman–Crippen MR) is 103 cm³/mol. The molecule has 1 saturated heterocycles. The number of hydrogen-bond donors (Lipinski definition) is 1. The Morgan fingerprint density at radius 3 is 2.65 bits per heavy atom. The first-order chi connectivity index (χ1) is 12.4. The van der Waals surface area contributed by atoms with Crippen molar-refractivity contribution in [2.24, 2.45) is 11.8 Å². The van der Waals surface area contributed by atoms with Gasteiger partial charge in [-0.3, -0.25) is 4.79 Å². The lowest BCUT2D eigenvalue weighted by molar-refractivity contribution is 0.102. The number of rotatable bonds is 5. The number of carbonyl (C=O) groups is 1. The van der Waals surface area contributed by atoms with E-state index in [1.807, 2.05) is 12.1 Å². The van der Waals surface area contributed by atoms with Crippen LogP contribution in [0.3, 0.4) is 0 Å². The van der Waals surface area contributed by atoms with Gasteiger partial charge in [0.15, 0.2) is 0 Å². The highest BCUT2D eigenvalue weighted by molar-refractivity contribution is 6.05. The van der Waals surface area contributed by atoms with Crippen molar-refractivity contribution in [3.63, 3.8) is 0 Å². The van der Waals surface area contributed by atoms with E-state index < -0.39 is 0 Å². The highest BCUT2D eigenvalue weighted by atomic mass is 16.5. The summed E-state index contributed by atoms with van der Waals surface area (Å²) in [6.45, 7) is 8.31. The van der Waals surface area contributed by atoms with Crippen molar-refractivity contribution in [3.05, 3.63) is 46.8 Å². The molecular formula is C21H29N3O2. The Labute approximate surface area is 155 Å². The molecule has 2 aromatic rings. The van der Waals surface area contributed by atoms with Gasteiger partial charge in [-0.1, -0.05) is 24.2 Å². The average molecular weight is 355 g/mol. The van der Waals surface area contributed by atoms with Crippen LogP contribution in [0.5, 0.6) is 0 Å². The molecule has 5 heteroatoms. The van der Waals surface area contributed by atoms with Crippen LogP contribution in [0.2, 0.25) is 0 Å². The molecule has 0 aliphatic carbocycles. The SMILES string of the molecule is Cc1noc(C)c1C(=O)Nc1ccc(CCC2CCN(C)CC2C)cc1. The van der Waals surface area contributed by atoms with Gasteiger partial charge in [0, 0.05) is 12.2 Å². The minimum atomic E-state index is -0.172. The van der Waals surface area contributed by atoms with Crippen molar-refractivity contribution < 1.29 is 9.32 Å². The summed E-state index contributed by atoms with van der Waals surface area (Å²) in [6.07, 6.45) is 3.62. The van der Waals surface area contributed by atoms with Crippen LogP contribution in [0.25, 0.3) is 0 Å². The third-order valence-electron chi connectivity index (χ3n) is 5.56. The number of benzene rings is 1. The van der Waals surface area contributed by atoms with Gasteiger partial charge >= 0.3 is 0 Å². The van der Waals surface area contributed by atoms with Gasteiger partial charge < -0.3 is 14.7 Å². The lowest BCUT2D eigenvalue weighted by Crippen LogP contribution is -2.36. The van der Waals surface area contributed by atoms with Gasteiger partial charge in [-0.2, -0.15) is 0 Å². The Balaban J connectivity index is 1.54. The van der Waals surface area contributed by atoms with Crippen molar-refractivity contribution >= 4 is 11.6 Å². The molecule has 2 unspecified atom stereocenters. The third kappa shape index (κ3) is 4.33. The molecule has 1 aromatic heterocycles. The van der Waals surface area contributed by atoms with Crippen molar-refractivity contribution in [2.45, 2.75) is 40.0 Å². The topological polar surface area (TPSA) is 58.4 Å². The number of nitrogens with one attached hydrogen (secondary N) is 1. The first-order valence-electron chi connectivity index (χ1n) is 9.45. The largest absolute Gasteiger partial charge is 0.361 e. The zero-order chi connectivity index (χ0) is 18.7. The number of anilines is 1. The molecule has 26 heavy (non-hydrogen) atoms. The minimum Gasteiger partial charge on any atom is -0.361 e. The van der Waals surface area contributed by atoms with Crippen LogP contribution in [0.15, 0.2) is 28.8 Å². The number of piperidine rings is 1. The van der Waals surface area contributed by atoms with Crippen molar-refractivity contribution in [1.29, 1.82) is 0 Å². The summed E-state index contributed by atoms with van der Waals surface area (Å²) in [4.78, 5) is 14.8. The Kier molecular flexibility index (Phi) is 5.77. The predicted octanol–water partition coefficient (Wildman–Crippen LogP) is 4.06. The minimum absolute atomic E-state index is 0.172. The molecule has 2 atom stereocenters. The van der Waals surface area contributed by atoms with Crippen molar-refractivity contribution in [2.75, 3.05) is 25.5 Å². The second kappa shape index (κ2) is 8.04. The summed E-state index contributed by atoms with van der Waals surface area (Å²) < 4.78 is 5.06. The van der Waals surface area contributed by atoms with Gasteiger partial charge in [-0.15, -0.1) is 0 Å². The third-order valence-corrected chi connectivity index (χ3v) is 5.56. The number of aromatic nitrogens is 1. The van der Waals surface area contributed by atoms with E-state index in [4.69, 9.17) is 4.52 Å². The summed E-state index contributed by atoms with van der Waals surface area (Å²) in [7, 11) is 2.21. The van der Waals surface area contributed by atoms with E-state index in [0.29, 0.717) is 17.0 Å². The molecule has 0 radical (unpaired) electrons. The molecule has 5 nitrogen and oxygen atoms in total. The Bertz CT molecular complexity index is 732. The van der Waals surface area contributed by atoms with Gasteiger partial charge in [-0.25, -0.2) is 0 Å². The molecule has 1 N–H and O–H groups in total. The van der Waals surface area contributed by atoms with Gasteiger partial charge in [0.2, 0.25) is 0 Å². The summed E-state index contributed by atoms with van der Waals surface area (Å²) in [5, 5.41) is 6.76. The molecular weight excluding hydrogens is 326 g/mol. The number of hydrogen-bond acceptors (Lipinski definition) is 4. The van der Waals surface area contributed by atoms with Crippen molar-refractivity contribution in [3.8, 4) is 0 Å². The smallest absolute Gasteiger partial charge is 0.261 e. The molecule has 1 amide bonds. The van der Waals surface area contributed by atoms with Crippen LogP contribution in [0.1, 0.15) is 47.1 Å². The van der Waals surface area contributed by atoms with E-state index >= 15 is 0 Å². The van der Waals surface area contributed by atoms with Crippen molar-refractivity contribution in [1.82, 2.24) is 10.1 Å². The maximum Gasteiger partial charge on any atom is 0.261 e. The number of amides is 1. The molecule has 2 heterocycles. The Morgan fingerprint density at radius 2 is 2.04 bits per heavy atom. The lowest BCUT2D eigenvalue weighted by atomic mass is 9.83. The fourth-order valence-corrected chi connectivity index (χ4v) is 3.94. The van der Waals surface area contributed by atoms with E-state index in [0.717, 1.165) is 23.9 Å². The molecule has 1 aromatic carbocycles. The van der Waals surface area contributed by atoms with E-state index in [1.54, 1.807) is 13.8 Å². The van der Waals surface area contributed by atoms with Crippen LogP contribution in [-0.4, -0.2) is 36.1 Å². The monoisotopic (exact) mass is 355 g/mol. The Hall–Kier alpha value is -2.14.